The van der Waals surface area contributed by atoms with Gasteiger partial charge >= 0.3 is 0 Å². The summed E-state index contributed by atoms with van der Waals surface area (Å²) in [7, 11) is 0. The topological polar surface area (TPSA) is 79.8 Å². The molecule has 2 rings (SSSR count). The zero-order valence-electron chi connectivity index (χ0n) is 10.2. The minimum atomic E-state index is -0.323. The van der Waals surface area contributed by atoms with Crippen molar-refractivity contribution in [3.05, 3.63) is 40.9 Å². The van der Waals surface area contributed by atoms with E-state index in [1.54, 1.807) is 18.2 Å². The van der Waals surface area contributed by atoms with E-state index in [4.69, 9.17) is 0 Å². The molecule has 2 N–H and O–H groups in total. The first-order chi connectivity index (χ1) is 9.19. The van der Waals surface area contributed by atoms with Crippen molar-refractivity contribution in [2.45, 2.75) is 6.92 Å². The summed E-state index contributed by atoms with van der Waals surface area (Å²) in [5.74, 6) is 0.720. The second-order valence-corrected chi connectivity index (χ2v) is 4.43. The molecule has 2 aromatic rings. The van der Waals surface area contributed by atoms with Gasteiger partial charge in [-0.15, -0.1) is 0 Å². The van der Waals surface area contributed by atoms with Gasteiger partial charge in [0.05, 0.1) is 12.4 Å². The Hall–Kier alpha value is -2.02. The van der Waals surface area contributed by atoms with Crippen LogP contribution in [0.5, 0.6) is 0 Å². The Labute approximate surface area is 118 Å². The third kappa shape index (κ3) is 3.72. The Morgan fingerprint density at radius 2 is 2.11 bits per heavy atom. The Morgan fingerprint density at radius 3 is 2.79 bits per heavy atom. The van der Waals surface area contributed by atoms with Crippen molar-refractivity contribution in [2.24, 2.45) is 0 Å². The molecule has 19 heavy (non-hydrogen) atoms. The molecule has 7 heteroatoms. The first-order valence-electron chi connectivity index (χ1n) is 5.69. The van der Waals surface area contributed by atoms with Gasteiger partial charge in [-0.25, -0.2) is 15.0 Å². The number of nitrogens with one attached hydrogen (secondary N) is 2. The molecular formula is C12H12BrN5O. The molecule has 0 unspecified atom stereocenters. The van der Waals surface area contributed by atoms with Crippen LogP contribution in [0, 0.1) is 0 Å². The monoisotopic (exact) mass is 321 g/mol. The number of carbonyl (C=O) groups is 1. The maximum atomic E-state index is 12.0. The Kier molecular flexibility index (Phi) is 4.40. The third-order valence-corrected chi connectivity index (χ3v) is 2.61. The molecule has 0 saturated heterocycles. The van der Waals surface area contributed by atoms with Crippen molar-refractivity contribution in [3.63, 3.8) is 0 Å². The number of amides is 1. The van der Waals surface area contributed by atoms with Gasteiger partial charge < -0.3 is 10.6 Å². The molecule has 1 amide bonds. The van der Waals surface area contributed by atoms with E-state index in [1.807, 2.05) is 6.92 Å². The van der Waals surface area contributed by atoms with Crippen molar-refractivity contribution in [3.8, 4) is 0 Å². The van der Waals surface area contributed by atoms with E-state index in [1.165, 1.54) is 12.4 Å². The highest BCUT2D eigenvalue weighted by atomic mass is 79.9. The quantitative estimate of drug-likeness (QED) is 0.903. The van der Waals surface area contributed by atoms with E-state index < -0.39 is 0 Å². The highest BCUT2D eigenvalue weighted by Crippen LogP contribution is 2.09. The number of pyridine rings is 1. The van der Waals surface area contributed by atoms with Crippen molar-refractivity contribution in [2.75, 3.05) is 17.2 Å². The molecule has 0 bridgehead atoms. The van der Waals surface area contributed by atoms with Crippen LogP contribution in [0.1, 0.15) is 17.4 Å². The first kappa shape index (κ1) is 13.4. The Bertz CT molecular complexity index is 573. The molecule has 0 aliphatic heterocycles. The largest absolute Gasteiger partial charge is 0.370 e. The van der Waals surface area contributed by atoms with Crippen LogP contribution in [0.15, 0.2) is 35.2 Å². The SMILES string of the molecule is CCNc1cccc(C(=O)Nc2cnc(Br)cn2)n1. The number of aromatic nitrogens is 3. The number of carbonyl (C=O) groups excluding carboxylic acids is 1. The lowest BCUT2D eigenvalue weighted by molar-refractivity contribution is 0.102. The molecule has 0 aliphatic carbocycles. The average molecular weight is 322 g/mol. The number of halogens is 1. The minimum Gasteiger partial charge on any atom is -0.370 e. The minimum absolute atomic E-state index is 0.322. The lowest BCUT2D eigenvalue weighted by Crippen LogP contribution is -2.15. The van der Waals surface area contributed by atoms with Crippen molar-refractivity contribution in [1.82, 2.24) is 15.0 Å². The van der Waals surface area contributed by atoms with Crippen LogP contribution in [0.2, 0.25) is 0 Å². The number of anilines is 2. The number of rotatable bonds is 4. The van der Waals surface area contributed by atoms with Crippen LogP contribution in [0.3, 0.4) is 0 Å². The molecule has 0 aliphatic rings. The van der Waals surface area contributed by atoms with Gasteiger partial charge in [0.2, 0.25) is 0 Å². The molecule has 0 aromatic carbocycles. The molecule has 0 atom stereocenters. The van der Waals surface area contributed by atoms with Crippen LogP contribution in [-0.2, 0) is 0 Å². The summed E-state index contributed by atoms with van der Waals surface area (Å²) < 4.78 is 0.609. The van der Waals surface area contributed by atoms with Crippen molar-refractivity contribution >= 4 is 33.5 Å². The molecule has 0 radical (unpaired) electrons. The van der Waals surface area contributed by atoms with Crippen molar-refractivity contribution in [1.29, 1.82) is 0 Å². The second kappa shape index (κ2) is 6.24. The standard InChI is InChI=1S/C12H12BrN5O/c1-2-14-10-5-3-4-8(17-10)12(19)18-11-7-15-9(13)6-16-11/h3-7H,2H2,1H3,(H,14,17)(H,16,18,19). The van der Waals surface area contributed by atoms with E-state index in [0.29, 0.717) is 21.9 Å². The summed E-state index contributed by atoms with van der Waals surface area (Å²) in [6.07, 6.45) is 2.98. The van der Waals surface area contributed by atoms with Gasteiger partial charge in [0, 0.05) is 6.54 Å². The summed E-state index contributed by atoms with van der Waals surface area (Å²) in [6, 6.07) is 5.22. The van der Waals surface area contributed by atoms with Crippen LogP contribution in [0.4, 0.5) is 11.6 Å². The third-order valence-electron chi connectivity index (χ3n) is 2.20. The smallest absolute Gasteiger partial charge is 0.275 e. The molecule has 0 fully saturated rings. The number of nitrogens with zero attached hydrogens (tertiary/aromatic N) is 3. The van der Waals surface area contributed by atoms with E-state index in [2.05, 4.69) is 41.5 Å². The fourth-order valence-electron chi connectivity index (χ4n) is 1.40. The van der Waals surface area contributed by atoms with Crippen LogP contribution >= 0.6 is 15.9 Å². The molecular weight excluding hydrogens is 310 g/mol. The zero-order valence-corrected chi connectivity index (χ0v) is 11.8. The van der Waals surface area contributed by atoms with E-state index in [9.17, 15) is 4.79 Å². The summed E-state index contributed by atoms with van der Waals surface area (Å²) in [4.78, 5) is 24.2. The molecule has 98 valence electrons. The average Bonchev–Trinajstić information content (AvgIpc) is 2.42. The fraction of sp³-hybridized carbons (Fsp3) is 0.167. The lowest BCUT2D eigenvalue weighted by Gasteiger charge is -2.06. The highest BCUT2D eigenvalue weighted by molar-refractivity contribution is 9.10. The van der Waals surface area contributed by atoms with Gasteiger partial charge in [-0.2, -0.15) is 0 Å². The van der Waals surface area contributed by atoms with Gasteiger partial charge in [-0.1, -0.05) is 6.07 Å². The van der Waals surface area contributed by atoms with Gasteiger partial charge in [-0.05, 0) is 35.0 Å². The number of hydrogen-bond acceptors (Lipinski definition) is 5. The Morgan fingerprint density at radius 1 is 1.26 bits per heavy atom. The first-order valence-corrected chi connectivity index (χ1v) is 6.48. The predicted molar refractivity (Wildman–Crippen MR) is 76.1 cm³/mol. The van der Waals surface area contributed by atoms with Gasteiger partial charge in [-0.3, -0.25) is 4.79 Å². The second-order valence-electron chi connectivity index (χ2n) is 3.62. The molecule has 2 aromatic heterocycles. The molecule has 0 saturated carbocycles. The van der Waals surface area contributed by atoms with Gasteiger partial charge in [0.15, 0.2) is 5.82 Å². The highest BCUT2D eigenvalue weighted by Gasteiger charge is 2.09. The van der Waals surface area contributed by atoms with Gasteiger partial charge in [0.25, 0.3) is 5.91 Å². The van der Waals surface area contributed by atoms with Crippen LogP contribution in [-0.4, -0.2) is 27.4 Å². The summed E-state index contributed by atoms with van der Waals surface area (Å²) in [6.45, 7) is 2.71. The summed E-state index contributed by atoms with van der Waals surface area (Å²) >= 11 is 3.18. The zero-order chi connectivity index (χ0) is 13.7. The molecule has 6 nitrogen and oxygen atoms in total. The summed E-state index contributed by atoms with van der Waals surface area (Å²) in [5.41, 5.74) is 0.322. The fourth-order valence-corrected chi connectivity index (χ4v) is 1.60. The van der Waals surface area contributed by atoms with E-state index in [0.717, 1.165) is 6.54 Å². The maximum absolute atomic E-state index is 12.0. The molecule has 0 spiro atoms. The lowest BCUT2D eigenvalue weighted by atomic mass is 10.3. The van der Waals surface area contributed by atoms with Crippen LogP contribution in [0.25, 0.3) is 0 Å². The molecule has 2 heterocycles. The normalized spacial score (nSPS) is 10.0. The van der Waals surface area contributed by atoms with E-state index >= 15 is 0 Å². The Balaban J connectivity index is 2.11. The van der Waals surface area contributed by atoms with Crippen LogP contribution < -0.4 is 10.6 Å². The number of hydrogen-bond donors (Lipinski definition) is 2. The van der Waals surface area contributed by atoms with E-state index in [-0.39, 0.29) is 5.91 Å². The maximum Gasteiger partial charge on any atom is 0.275 e. The van der Waals surface area contributed by atoms with Crippen molar-refractivity contribution < 1.29 is 4.79 Å². The van der Waals surface area contributed by atoms with Gasteiger partial charge in [0.1, 0.15) is 16.1 Å². The predicted octanol–water partition coefficient (Wildman–Crippen LogP) is 2.32. The summed E-state index contributed by atoms with van der Waals surface area (Å²) in [5, 5.41) is 5.68.